The van der Waals surface area contributed by atoms with Crippen LogP contribution in [0.25, 0.3) is 0 Å². The smallest absolute Gasteiger partial charge is 0.370 e. The first-order chi connectivity index (χ1) is 9.28. The topological polar surface area (TPSA) is 41.1 Å². The van der Waals surface area contributed by atoms with Gasteiger partial charge >= 0.3 is 6.18 Å². The van der Waals surface area contributed by atoms with Gasteiger partial charge in [0, 0.05) is 18.7 Å². The van der Waals surface area contributed by atoms with Gasteiger partial charge in [0.05, 0.1) is 0 Å². The normalized spacial score (nSPS) is 11.6. The number of nitrogens with one attached hydrogen (secondary N) is 1. The van der Waals surface area contributed by atoms with Gasteiger partial charge in [-0.05, 0) is 27.2 Å². The molecule has 0 amide bonds. The molecule has 0 aliphatic carbocycles. The van der Waals surface area contributed by atoms with Crippen molar-refractivity contribution in [2.45, 2.75) is 40.3 Å². The second-order valence-corrected chi connectivity index (χ2v) is 4.62. The van der Waals surface area contributed by atoms with E-state index in [4.69, 9.17) is 0 Å². The third-order valence-electron chi connectivity index (χ3n) is 2.83. The molecule has 0 radical (unpaired) electrons. The van der Waals surface area contributed by atoms with Crippen LogP contribution in [0.2, 0.25) is 0 Å². The molecule has 1 rings (SSSR count). The van der Waals surface area contributed by atoms with Crippen molar-refractivity contribution in [2.24, 2.45) is 0 Å². The Morgan fingerprint density at radius 2 is 1.80 bits per heavy atom. The standard InChI is InChI=1S/C13H21F3N4/c1-5-7-17-11-9(3)12(19-10(4)18-11)20(6-2)8-13(14,15)16/h5-8H2,1-4H3,(H,17,18,19). The maximum absolute atomic E-state index is 12.6. The average molecular weight is 290 g/mol. The lowest BCUT2D eigenvalue weighted by atomic mass is 10.2. The third-order valence-corrected chi connectivity index (χ3v) is 2.83. The van der Waals surface area contributed by atoms with E-state index in [9.17, 15) is 13.2 Å². The lowest BCUT2D eigenvalue weighted by Crippen LogP contribution is -2.35. The number of alkyl halides is 3. The van der Waals surface area contributed by atoms with Gasteiger partial charge in [0.2, 0.25) is 0 Å². The van der Waals surface area contributed by atoms with Gasteiger partial charge < -0.3 is 10.2 Å². The van der Waals surface area contributed by atoms with E-state index in [2.05, 4.69) is 15.3 Å². The monoisotopic (exact) mass is 290 g/mol. The van der Waals surface area contributed by atoms with Crippen molar-refractivity contribution in [2.75, 3.05) is 29.9 Å². The van der Waals surface area contributed by atoms with Gasteiger partial charge in [-0.1, -0.05) is 6.92 Å². The molecule has 0 atom stereocenters. The van der Waals surface area contributed by atoms with Crippen LogP contribution in [-0.2, 0) is 0 Å². The molecule has 0 fully saturated rings. The average Bonchev–Trinajstić information content (AvgIpc) is 2.35. The lowest BCUT2D eigenvalue weighted by molar-refractivity contribution is -0.119. The molecular formula is C13H21F3N4. The highest BCUT2D eigenvalue weighted by atomic mass is 19.4. The lowest BCUT2D eigenvalue weighted by Gasteiger charge is -2.26. The summed E-state index contributed by atoms with van der Waals surface area (Å²) in [5, 5.41) is 3.13. The Hall–Kier alpha value is -1.53. The van der Waals surface area contributed by atoms with E-state index in [-0.39, 0.29) is 6.54 Å². The summed E-state index contributed by atoms with van der Waals surface area (Å²) in [4.78, 5) is 9.65. The molecule has 0 aromatic carbocycles. The molecular weight excluding hydrogens is 269 g/mol. The Bertz CT molecular complexity index is 446. The number of nitrogens with zero attached hydrogens (tertiary/aromatic N) is 3. The van der Waals surface area contributed by atoms with Crippen LogP contribution in [0.1, 0.15) is 31.7 Å². The molecule has 0 aliphatic rings. The number of aromatic nitrogens is 2. The van der Waals surface area contributed by atoms with E-state index in [0.29, 0.717) is 23.0 Å². The van der Waals surface area contributed by atoms with Crippen molar-refractivity contribution < 1.29 is 13.2 Å². The molecule has 1 heterocycles. The molecule has 0 bridgehead atoms. The predicted molar refractivity (Wildman–Crippen MR) is 74.2 cm³/mol. The SMILES string of the molecule is CCCNc1nc(C)nc(N(CC)CC(F)(F)F)c1C. The van der Waals surface area contributed by atoms with Gasteiger partial charge in [0.15, 0.2) is 0 Å². The zero-order valence-corrected chi connectivity index (χ0v) is 12.3. The van der Waals surface area contributed by atoms with Crippen LogP contribution < -0.4 is 10.2 Å². The van der Waals surface area contributed by atoms with E-state index >= 15 is 0 Å². The van der Waals surface area contributed by atoms with Crippen LogP contribution in [0, 0.1) is 13.8 Å². The number of anilines is 2. The molecule has 0 saturated carbocycles. The highest BCUT2D eigenvalue weighted by Crippen LogP contribution is 2.26. The molecule has 114 valence electrons. The van der Waals surface area contributed by atoms with E-state index in [1.165, 1.54) is 4.90 Å². The molecule has 1 aromatic heterocycles. The number of aryl methyl sites for hydroxylation is 1. The molecule has 0 spiro atoms. The number of rotatable bonds is 6. The summed E-state index contributed by atoms with van der Waals surface area (Å²) in [6.07, 6.45) is -3.34. The van der Waals surface area contributed by atoms with E-state index < -0.39 is 12.7 Å². The number of halogens is 3. The van der Waals surface area contributed by atoms with E-state index in [1.807, 2.05) is 6.92 Å². The van der Waals surface area contributed by atoms with Crippen LogP contribution in [0.4, 0.5) is 24.8 Å². The van der Waals surface area contributed by atoms with Crippen molar-refractivity contribution in [3.63, 3.8) is 0 Å². The minimum absolute atomic E-state index is 0.240. The summed E-state index contributed by atoms with van der Waals surface area (Å²) in [7, 11) is 0. The van der Waals surface area contributed by atoms with Crippen LogP contribution >= 0.6 is 0 Å². The Kier molecular flexibility index (Phi) is 5.59. The Labute approximate surface area is 117 Å². The fourth-order valence-electron chi connectivity index (χ4n) is 1.89. The molecule has 4 nitrogen and oxygen atoms in total. The molecule has 0 aliphatic heterocycles. The maximum Gasteiger partial charge on any atom is 0.405 e. The highest BCUT2D eigenvalue weighted by molar-refractivity contribution is 5.58. The van der Waals surface area contributed by atoms with E-state index in [1.54, 1.807) is 20.8 Å². The minimum Gasteiger partial charge on any atom is -0.370 e. The highest BCUT2D eigenvalue weighted by Gasteiger charge is 2.31. The van der Waals surface area contributed by atoms with Crippen molar-refractivity contribution >= 4 is 11.6 Å². The van der Waals surface area contributed by atoms with Gasteiger partial charge in [-0.3, -0.25) is 0 Å². The summed E-state index contributed by atoms with van der Waals surface area (Å²) in [6.45, 7) is 7.08. The zero-order valence-electron chi connectivity index (χ0n) is 12.3. The van der Waals surface area contributed by atoms with Crippen LogP contribution in [0.5, 0.6) is 0 Å². The van der Waals surface area contributed by atoms with Gasteiger partial charge in [-0.2, -0.15) is 13.2 Å². The number of hydrogen-bond donors (Lipinski definition) is 1. The fraction of sp³-hybridized carbons (Fsp3) is 0.692. The summed E-state index contributed by atoms with van der Waals surface area (Å²) in [5.41, 5.74) is 0.648. The van der Waals surface area contributed by atoms with Gasteiger partial charge in [-0.25, -0.2) is 9.97 Å². The summed E-state index contributed by atoms with van der Waals surface area (Å²) < 4.78 is 37.8. The molecule has 1 N–H and O–H groups in total. The van der Waals surface area contributed by atoms with Crippen molar-refractivity contribution in [3.05, 3.63) is 11.4 Å². The van der Waals surface area contributed by atoms with Gasteiger partial charge in [0.25, 0.3) is 0 Å². The Morgan fingerprint density at radius 3 is 2.30 bits per heavy atom. The summed E-state index contributed by atoms with van der Waals surface area (Å²) in [6, 6.07) is 0. The first kappa shape index (κ1) is 16.5. The quantitative estimate of drug-likeness (QED) is 0.872. The molecule has 7 heteroatoms. The van der Waals surface area contributed by atoms with Crippen molar-refractivity contribution in [1.82, 2.24) is 9.97 Å². The van der Waals surface area contributed by atoms with Crippen molar-refractivity contribution in [1.29, 1.82) is 0 Å². The Balaban J connectivity index is 3.11. The van der Waals surface area contributed by atoms with Gasteiger partial charge in [0.1, 0.15) is 24.0 Å². The summed E-state index contributed by atoms with van der Waals surface area (Å²) in [5.74, 6) is 1.41. The fourth-order valence-corrected chi connectivity index (χ4v) is 1.89. The second kappa shape index (κ2) is 6.76. The van der Waals surface area contributed by atoms with Gasteiger partial charge in [-0.15, -0.1) is 0 Å². The number of hydrogen-bond acceptors (Lipinski definition) is 4. The molecule has 0 unspecified atom stereocenters. The van der Waals surface area contributed by atoms with Crippen LogP contribution in [-0.4, -0.2) is 35.8 Å². The van der Waals surface area contributed by atoms with E-state index in [0.717, 1.165) is 13.0 Å². The molecule has 1 aromatic rings. The van der Waals surface area contributed by atoms with Crippen LogP contribution in [0.15, 0.2) is 0 Å². The summed E-state index contributed by atoms with van der Waals surface area (Å²) >= 11 is 0. The largest absolute Gasteiger partial charge is 0.405 e. The third kappa shape index (κ3) is 4.54. The predicted octanol–water partition coefficient (Wildman–Crippen LogP) is 3.30. The first-order valence-electron chi connectivity index (χ1n) is 6.69. The molecule has 20 heavy (non-hydrogen) atoms. The van der Waals surface area contributed by atoms with Crippen molar-refractivity contribution in [3.8, 4) is 0 Å². The Morgan fingerprint density at radius 1 is 1.15 bits per heavy atom. The van der Waals surface area contributed by atoms with Crippen LogP contribution in [0.3, 0.4) is 0 Å². The maximum atomic E-state index is 12.6. The zero-order chi connectivity index (χ0) is 15.3. The minimum atomic E-state index is -4.25. The molecule has 0 saturated heterocycles. The first-order valence-corrected chi connectivity index (χ1v) is 6.69. The second-order valence-electron chi connectivity index (χ2n) is 4.62.